The molecule has 0 radical (unpaired) electrons. The maximum Gasteiger partial charge on any atom is 0.392 e. The molecule has 5 rings (SSSR count). The first-order valence-corrected chi connectivity index (χ1v) is 14.4. The van der Waals surface area contributed by atoms with Gasteiger partial charge in [-0.2, -0.15) is 27.7 Å². The molecule has 0 amide bonds. The molecule has 0 bridgehead atoms. The number of alkyl halides is 3. The van der Waals surface area contributed by atoms with E-state index >= 15 is 0 Å². The minimum Gasteiger partial charge on any atom is -0.293 e. The molecular formula is C27H30F4N6O2S. The van der Waals surface area contributed by atoms with Crippen molar-refractivity contribution >= 4 is 20.9 Å². The molecule has 1 aliphatic heterocycles. The van der Waals surface area contributed by atoms with Gasteiger partial charge in [0.25, 0.3) is 0 Å². The van der Waals surface area contributed by atoms with Crippen molar-refractivity contribution in [2.75, 3.05) is 26.2 Å². The van der Waals surface area contributed by atoms with Crippen LogP contribution in [0, 0.1) is 18.7 Å². The number of nitrogens with zero attached hydrogens (tertiary/aromatic N) is 6. The summed E-state index contributed by atoms with van der Waals surface area (Å²) < 4.78 is 85.6. The molecule has 13 heteroatoms. The van der Waals surface area contributed by atoms with Crippen molar-refractivity contribution in [1.29, 1.82) is 0 Å². The van der Waals surface area contributed by atoms with Crippen molar-refractivity contribution in [3.05, 3.63) is 71.9 Å². The van der Waals surface area contributed by atoms with Gasteiger partial charge in [0.15, 0.2) is 0 Å². The van der Waals surface area contributed by atoms with E-state index in [2.05, 4.69) is 10.2 Å². The molecule has 0 spiro atoms. The third kappa shape index (κ3) is 5.37. The maximum absolute atomic E-state index is 13.6. The van der Waals surface area contributed by atoms with Crippen LogP contribution in [0.15, 0.2) is 59.9 Å². The molecule has 0 aliphatic carbocycles. The molecule has 2 atom stereocenters. The van der Waals surface area contributed by atoms with Crippen molar-refractivity contribution < 1.29 is 26.0 Å². The molecule has 2 aromatic heterocycles. The summed E-state index contributed by atoms with van der Waals surface area (Å²) >= 11 is 0. The van der Waals surface area contributed by atoms with Crippen molar-refractivity contribution in [2.24, 2.45) is 5.92 Å². The van der Waals surface area contributed by atoms with Crippen LogP contribution in [0.2, 0.25) is 0 Å². The van der Waals surface area contributed by atoms with Crippen LogP contribution in [0.1, 0.15) is 31.0 Å². The van der Waals surface area contributed by atoms with Gasteiger partial charge in [0.2, 0.25) is 10.0 Å². The highest BCUT2D eigenvalue weighted by atomic mass is 32.2. The summed E-state index contributed by atoms with van der Waals surface area (Å²) in [5, 5.41) is 9.26. The number of piperazine rings is 1. The van der Waals surface area contributed by atoms with E-state index in [-0.39, 0.29) is 36.9 Å². The Labute approximate surface area is 229 Å². The van der Waals surface area contributed by atoms with E-state index in [9.17, 15) is 26.0 Å². The Morgan fingerprint density at radius 2 is 1.80 bits per heavy atom. The van der Waals surface area contributed by atoms with Crippen LogP contribution >= 0.6 is 0 Å². The largest absolute Gasteiger partial charge is 0.392 e. The average Bonchev–Trinajstić information content (AvgIpc) is 3.56. The van der Waals surface area contributed by atoms with Crippen molar-refractivity contribution in [3.8, 4) is 5.69 Å². The number of hydrogen-bond donors (Lipinski definition) is 0. The Bertz CT molecular complexity index is 1610. The second-order valence-corrected chi connectivity index (χ2v) is 12.1. The molecule has 1 saturated heterocycles. The number of rotatable bonds is 7. The van der Waals surface area contributed by atoms with Crippen LogP contribution in [0.4, 0.5) is 17.6 Å². The Kier molecular flexibility index (Phi) is 7.48. The average molecular weight is 579 g/mol. The first kappa shape index (κ1) is 28.2. The van der Waals surface area contributed by atoms with Gasteiger partial charge < -0.3 is 0 Å². The third-order valence-electron chi connectivity index (χ3n) is 7.48. The number of hydrogen-bond acceptors (Lipinski definition) is 5. The second-order valence-electron chi connectivity index (χ2n) is 10.1. The fourth-order valence-electron chi connectivity index (χ4n) is 5.13. The lowest BCUT2D eigenvalue weighted by Gasteiger charge is -2.42. The van der Waals surface area contributed by atoms with Gasteiger partial charge in [-0.15, -0.1) is 0 Å². The minimum atomic E-state index is -4.38. The monoisotopic (exact) mass is 578 g/mol. The smallest absolute Gasteiger partial charge is 0.293 e. The Morgan fingerprint density at radius 1 is 1.07 bits per heavy atom. The standard InChI is InChI=1S/C27H30F4N6O2S/c1-4-35-16-23(14-32-35)40(38,39)36-10-9-34(15-19(3)27(29,30)31)26(17-36)24-12-20-13-33-37(25(20)11-18(24)2)22-7-5-21(28)6-8-22/h5-8,11-14,16,19,26H,4,9-10,15,17H2,1-3H3/t19?,26-/m0/s1. The number of benzene rings is 2. The lowest BCUT2D eigenvalue weighted by molar-refractivity contribution is -0.176. The van der Waals surface area contributed by atoms with Crippen molar-refractivity contribution in [3.63, 3.8) is 0 Å². The molecular weight excluding hydrogens is 548 g/mol. The van der Waals surface area contributed by atoms with Crippen molar-refractivity contribution in [1.82, 2.24) is 28.8 Å². The van der Waals surface area contributed by atoms with Gasteiger partial charge >= 0.3 is 6.18 Å². The zero-order valence-corrected chi connectivity index (χ0v) is 23.1. The molecule has 214 valence electrons. The SMILES string of the molecule is CCn1cc(S(=O)(=O)N2CCN(CC(C)C(F)(F)F)[C@H](c3cc4cnn(-c5ccc(F)cc5)c4cc3C)C2)cn1. The van der Waals surface area contributed by atoms with Gasteiger partial charge in [0, 0.05) is 50.3 Å². The molecule has 0 saturated carbocycles. The van der Waals surface area contributed by atoms with Crippen LogP contribution in [-0.2, 0) is 16.6 Å². The van der Waals surface area contributed by atoms with Crippen LogP contribution in [0.3, 0.4) is 0 Å². The summed E-state index contributed by atoms with van der Waals surface area (Å²) in [6.45, 7) is 5.26. The first-order chi connectivity index (χ1) is 18.9. The van der Waals surface area contributed by atoms with Crippen LogP contribution in [0.5, 0.6) is 0 Å². The van der Waals surface area contributed by atoms with E-state index in [0.717, 1.165) is 29.0 Å². The third-order valence-corrected chi connectivity index (χ3v) is 9.30. The second kappa shape index (κ2) is 10.6. The predicted octanol–water partition coefficient (Wildman–Crippen LogP) is 4.94. The fourth-order valence-corrected chi connectivity index (χ4v) is 6.52. The summed E-state index contributed by atoms with van der Waals surface area (Å²) in [4.78, 5) is 1.77. The quantitative estimate of drug-likeness (QED) is 0.291. The minimum absolute atomic E-state index is 0.0112. The number of halogens is 4. The van der Waals surface area contributed by atoms with E-state index in [4.69, 9.17) is 0 Å². The van der Waals surface area contributed by atoms with Crippen LogP contribution in [-0.4, -0.2) is 69.5 Å². The van der Waals surface area contributed by atoms with E-state index in [1.165, 1.54) is 33.5 Å². The van der Waals surface area contributed by atoms with Gasteiger partial charge in [0.1, 0.15) is 10.7 Å². The van der Waals surface area contributed by atoms with Crippen molar-refractivity contribution in [2.45, 2.75) is 44.4 Å². The van der Waals surface area contributed by atoms with E-state index in [0.29, 0.717) is 12.2 Å². The Hall–Kier alpha value is -3.29. The molecule has 4 aromatic rings. The molecule has 1 aliphatic rings. The zero-order chi connectivity index (χ0) is 28.8. The summed E-state index contributed by atoms with van der Waals surface area (Å²) in [5.41, 5.74) is 2.91. The lowest BCUT2D eigenvalue weighted by Crippen LogP contribution is -2.52. The van der Waals surface area contributed by atoms with E-state index in [1.807, 2.05) is 26.0 Å². The predicted molar refractivity (Wildman–Crippen MR) is 142 cm³/mol. The van der Waals surface area contributed by atoms with Crippen LogP contribution < -0.4 is 0 Å². The molecule has 2 aromatic carbocycles. The first-order valence-electron chi connectivity index (χ1n) is 13.0. The molecule has 1 fully saturated rings. The fraction of sp³-hybridized carbons (Fsp3) is 0.407. The summed E-state index contributed by atoms with van der Waals surface area (Å²) in [6, 6.07) is 9.01. The van der Waals surface area contributed by atoms with Gasteiger partial charge in [-0.1, -0.05) is 6.92 Å². The zero-order valence-electron chi connectivity index (χ0n) is 22.3. The van der Waals surface area contributed by atoms with Gasteiger partial charge in [0.05, 0.1) is 29.5 Å². The van der Waals surface area contributed by atoms with E-state index in [1.54, 1.807) is 27.9 Å². The number of fused-ring (bicyclic) bond motifs is 1. The van der Waals surface area contributed by atoms with Gasteiger partial charge in [-0.05, 0) is 61.4 Å². The molecule has 1 unspecified atom stereocenters. The molecule has 0 N–H and O–H groups in total. The number of aromatic nitrogens is 4. The maximum atomic E-state index is 13.6. The Morgan fingerprint density at radius 3 is 2.45 bits per heavy atom. The normalized spacial score (nSPS) is 18.4. The molecule has 40 heavy (non-hydrogen) atoms. The topological polar surface area (TPSA) is 76.3 Å². The Balaban J connectivity index is 1.53. The van der Waals surface area contributed by atoms with Crippen LogP contribution in [0.25, 0.3) is 16.6 Å². The van der Waals surface area contributed by atoms with E-state index < -0.39 is 28.2 Å². The lowest BCUT2D eigenvalue weighted by atomic mass is 9.95. The highest BCUT2D eigenvalue weighted by Crippen LogP contribution is 2.36. The highest BCUT2D eigenvalue weighted by molar-refractivity contribution is 7.89. The molecule has 8 nitrogen and oxygen atoms in total. The summed E-state index contributed by atoms with van der Waals surface area (Å²) in [7, 11) is -3.91. The van der Waals surface area contributed by atoms with Gasteiger partial charge in [-0.3, -0.25) is 9.58 Å². The van der Waals surface area contributed by atoms with Gasteiger partial charge in [-0.25, -0.2) is 17.5 Å². The summed E-state index contributed by atoms with van der Waals surface area (Å²) in [6.07, 6.45) is 0.0231. The summed E-state index contributed by atoms with van der Waals surface area (Å²) in [5.74, 6) is -1.96. The highest BCUT2D eigenvalue weighted by Gasteiger charge is 2.41. The number of aryl methyl sites for hydroxylation is 2. The molecule has 3 heterocycles. The number of sulfonamides is 1.